The average Bonchev–Trinajstić information content (AvgIpc) is 2.22. The van der Waals surface area contributed by atoms with Crippen molar-refractivity contribution >= 4 is 27.5 Å². The topological polar surface area (TPSA) is 70.6 Å². The molecular weight excluding hydrogens is 258 g/mol. The van der Waals surface area contributed by atoms with E-state index in [-0.39, 0.29) is 11.9 Å². The summed E-state index contributed by atoms with van der Waals surface area (Å²) in [6.07, 6.45) is 0. The number of nitrogens with two attached hydrogens (primary N) is 1. The molecule has 15 heavy (non-hydrogen) atoms. The molecule has 0 aromatic heterocycles. The fourth-order valence-corrected chi connectivity index (χ4v) is 1.50. The molecule has 0 saturated carbocycles. The first-order chi connectivity index (χ1) is 7.04. The van der Waals surface area contributed by atoms with Gasteiger partial charge in [0, 0.05) is 10.2 Å². The minimum atomic E-state index is -0.206. The summed E-state index contributed by atoms with van der Waals surface area (Å²) in [5.74, 6) is 0.161. The van der Waals surface area contributed by atoms with Gasteiger partial charge in [-0.2, -0.15) is 0 Å². The van der Waals surface area contributed by atoms with Gasteiger partial charge in [0.05, 0.1) is 6.04 Å². The predicted molar refractivity (Wildman–Crippen MR) is 65.4 cm³/mol. The van der Waals surface area contributed by atoms with Crippen molar-refractivity contribution in [2.75, 3.05) is 5.32 Å². The maximum atomic E-state index is 8.52. The zero-order chi connectivity index (χ0) is 11.4. The summed E-state index contributed by atoms with van der Waals surface area (Å²) in [7, 11) is 0. The zero-order valence-electron chi connectivity index (χ0n) is 8.66. The third-order valence-electron chi connectivity index (χ3n) is 2.13. The summed E-state index contributed by atoms with van der Waals surface area (Å²) >= 11 is 3.39. The van der Waals surface area contributed by atoms with Gasteiger partial charge in [0.2, 0.25) is 0 Å². The molecule has 0 bridgehead atoms. The number of aryl methyl sites for hydroxylation is 1. The Morgan fingerprint density at radius 1 is 1.60 bits per heavy atom. The van der Waals surface area contributed by atoms with E-state index in [9.17, 15) is 0 Å². The first kappa shape index (κ1) is 11.8. The van der Waals surface area contributed by atoms with Crippen LogP contribution < -0.4 is 11.1 Å². The summed E-state index contributed by atoms with van der Waals surface area (Å²) in [6, 6.07) is 5.71. The molecule has 0 saturated heterocycles. The van der Waals surface area contributed by atoms with Crippen LogP contribution in [0.3, 0.4) is 0 Å². The van der Waals surface area contributed by atoms with Crippen molar-refractivity contribution < 1.29 is 5.21 Å². The Morgan fingerprint density at radius 3 is 2.87 bits per heavy atom. The van der Waals surface area contributed by atoms with Crippen LogP contribution in [0, 0.1) is 6.92 Å². The van der Waals surface area contributed by atoms with Crippen LogP contribution in [0.15, 0.2) is 27.8 Å². The van der Waals surface area contributed by atoms with Crippen molar-refractivity contribution in [1.29, 1.82) is 0 Å². The van der Waals surface area contributed by atoms with Crippen LogP contribution in [0.5, 0.6) is 0 Å². The average molecular weight is 272 g/mol. The SMILES string of the molecule is Cc1ccc(Br)cc1NC(C)C(N)=NO. The number of nitrogens with zero attached hydrogens (tertiary/aromatic N) is 1. The summed E-state index contributed by atoms with van der Waals surface area (Å²) in [5, 5.41) is 14.6. The number of nitrogens with one attached hydrogen (secondary N) is 1. The van der Waals surface area contributed by atoms with Crippen molar-refractivity contribution in [3.05, 3.63) is 28.2 Å². The lowest BCUT2D eigenvalue weighted by atomic mass is 10.2. The largest absolute Gasteiger partial charge is 0.409 e. The first-order valence-corrected chi connectivity index (χ1v) is 5.34. The van der Waals surface area contributed by atoms with E-state index in [1.807, 2.05) is 32.0 Å². The number of hydrogen-bond acceptors (Lipinski definition) is 3. The van der Waals surface area contributed by atoms with E-state index < -0.39 is 0 Å². The fraction of sp³-hybridized carbons (Fsp3) is 0.300. The summed E-state index contributed by atoms with van der Waals surface area (Å²) in [5.41, 5.74) is 7.55. The first-order valence-electron chi connectivity index (χ1n) is 4.54. The van der Waals surface area contributed by atoms with E-state index in [1.165, 1.54) is 0 Å². The van der Waals surface area contributed by atoms with Gasteiger partial charge in [-0.25, -0.2) is 0 Å². The van der Waals surface area contributed by atoms with Gasteiger partial charge < -0.3 is 16.3 Å². The molecule has 1 aromatic rings. The van der Waals surface area contributed by atoms with Gasteiger partial charge in [-0.1, -0.05) is 27.2 Å². The molecule has 0 aliphatic heterocycles. The number of hydrogen-bond donors (Lipinski definition) is 3. The Hall–Kier alpha value is -1.23. The Bertz CT molecular complexity index is 379. The Morgan fingerprint density at radius 2 is 2.27 bits per heavy atom. The molecule has 0 spiro atoms. The van der Waals surface area contributed by atoms with Gasteiger partial charge in [-0.3, -0.25) is 0 Å². The highest BCUT2D eigenvalue weighted by Gasteiger charge is 2.08. The number of benzene rings is 1. The number of rotatable bonds is 3. The Balaban J connectivity index is 2.85. The highest BCUT2D eigenvalue weighted by molar-refractivity contribution is 9.10. The number of anilines is 1. The third-order valence-corrected chi connectivity index (χ3v) is 2.62. The molecule has 1 rings (SSSR count). The second-order valence-corrected chi connectivity index (χ2v) is 4.27. The molecule has 1 unspecified atom stereocenters. The van der Waals surface area contributed by atoms with Gasteiger partial charge in [0.15, 0.2) is 5.84 Å². The molecule has 5 heteroatoms. The maximum absolute atomic E-state index is 8.52. The Labute approximate surface area is 97.3 Å². The highest BCUT2D eigenvalue weighted by Crippen LogP contribution is 2.21. The number of halogens is 1. The third kappa shape index (κ3) is 3.13. The van der Waals surface area contributed by atoms with Crippen LogP contribution in [0.4, 0.5) is 5.69 Å². The molecule has 1 atom stereocenters. The van der Waals surface area contributed by atoms with E-state index >= 15 is 0 Å². The van der Waals surface area contributed by atoms with Crippen LogP contribution >= 0.6 is 15.9 Å². The van der Waals surface area contributed by atoms with Crippen LogP contribution in [-0.4, -0.2) is 17.1 Å². The van der Waals surface area contributed by atoms with Crippen molar-refractivity contribution in [1.82, 2.24) is 0 Å². The molecular formula is C10H14BrN3O. The molecule has 4 N–H and O–H groups in total. The van der Waals surface area contributed by atoms with E-state index in [0.29, 0.717) is 0 Å². The quantitative estimate of drug-likeness (QED) is 0.342. The van der Waals surface area contributed by atoms with Gasteiger partial charge in [0.1, 0.15) is 0 Å². The molecule has 0 aliphatic carbocycles. The molecule has 0 aliphatic rings. The predicted octanol–water partition coefficient (Wildman–Crippen LogP) is 2.30. The number of oxime groups is 1. The lowest BCUT2D eigenvalue weighted by Crippen LogP contribution is -2.33. The monoisotopic (exact) mass is 271 g/mol. The Kier molecular flexibility index (Phi) is 3.96. The molecule has 4 nitrogen and oxygen atoms in total. The zero-order valence-corrected chi connectivity index (χ0v) is 10.2. The minimum Gasteiger partial charge on any atom is -0.409 e. The van der Waals surface area contributed by atoms with Crippen LogP contribution in [0.25, 0.3) is 0 Å². The molecule has 1 aromatic carbocycles. The number of amidine groups is 1. The van der Waals surface area contributed by atoms with E-state index in [4.69, 9.17) is 10.9 Å². The smallest absolute Gasteiger partial charge is 0.161 e. The van der Waals surface area contributed by atoms with Gasteiger partial charge in [-0.05, 0) is 31.5 Å². The van der Waals surface area contributed by atoms with Crippen molar-refractivity contribution in [2.24, 2.45) is 10.9 Å². The van der Waals surface area contributed by atoms with Gasteiger partial charge >= 0.3 is 0 Å². The van der Waals surface area contributed by atoms with Crippen molar-refractivity contribution in [3.8, 4) is 0 Å². The lowest BCUT2D eigenvalue weighted by molar-refractivity contribution is 0.316. The highest BCUT2D eigenvalue weighted by atomic mass is 79.9. The van der Waals surface area contributed by atoms with E-state index in [1.54, 1.807) is 0 Å². The maximum Gasteiger partial charge on any atom is 0.161 e. The van der Waals surface area contributed by atoms with Crippen molar-refractivity contribution in [3.63, 3.8) is 0 Å². The second-order valence-electron chi connectivity index (χ2n) is 3.35. The summed E-state index contributed by atoms with van der Waals surface area (Å²) < 4.78 is 0.988. The normalized spacial score (nSPS) is 13.7. The van der Waals surface area contributed by atoms with E-state index in [2.05, 4.69) is 26.4 Å². The van der Waals surface area contributed by atoms with Crippen LogP contribution in [0.2, 0.25) is 0 Å². The van der Waals surface area contributed by atoms with Crippen LogP contribution in [0.1, 0.15) is 12.5 Å². The lowest BCUT2D eigenvalue weighted by Gasteiger charge is -2.15. The molecule has 0 heterocycles. The van der Waals surface area contributed by atoms with Crippen LogP contribution in [-0.2, 0) is 0 Å². The second kappa shape index (κ2) is 5.02. The van der Waals surface area contributed by atoms with E-state index in [0.717, 1.165) is 15.7 Å². The van der Waals surface area contributed by atoms with Crippen molar-refractivity contribution in [2.45, 2.75) is 19.9 Å². The fourth-order valence-electron chi connectivity index (χ4n) is 1.14. The standard InChI is InChI=1S/C10H14BrN3O/c1-6-3-4-8(11)5-9(6)13-7(2)10(12)14-15/h3-5,7,13,15H,1-2H3,(H2,12,14). The molecule has 0 amide bonds. The molecule has 0 fully saturated rings. The summed E-state index contributed by atoms with van der Waals surface area (Å²) in [6.45, 7) is 3.82. The van der Waals surface area contributed by atoms with Gasteiger partial charge in [-0.15, -0.1) is 0 Å². The molecule has 82 valence electrons. The minimum absolute atomic E-state index is 0.161. The summed E-state index contributed by atoms with van der Waals surface area (Å²) in [4.78, 5) is 0. The molecule has 0 radical (unpaired) electrons. The van der Waals surface area contributed by atoms with Gasteiger partial charge in [0.25, 0.3) is 0 Å².